The number of hydrogen-bond donors (Lipinski definition) is 3. The maximum absolute atomic E-state index is 11.4. The van der Waals surface area contributed by atoms with Crippen molar-refractivity contribution in [3.8, 4) is 0 Å². The van der Waals surface area contributed by atoms with Crippen molar-refractivity contribution in [3.63, 3.8) is 0 Å². The number of carbonyl (C=O) groups is 1. The van der Waals surface area contributed by atoms with E-state index in [4.69, 9.17) is 21.9 Å². The first kappa shape index (κ1) is 13.5. The van der Waals surface area contributed by atoms with Gasteiger partial charge in [0, 0.05) is 12.3 Å². The molecule has 1 heterocycles. The molecule has 1 aromatic rings. The second-order valence-corrected chi connectivity index (χ2v) is 3.79. The van der Waals surface area contributed by atoms with Crippen LogP contribution in [0.5, 0.6) is 0 Å². The molecule has 0 saturated heterocycles. The lowest BCUT2D eigenvalue weighted by atomic mass is 10.2. The van der Waals surface area contributed by atoms with Crippen molar-refractivity contribution in [1.29, 1.82) is 0 Å². The van der Waals surface area contributed by atoms with Crippen LogP contribution in [0.15, 0.2) is 23.3 Å². The zero-order valence-corrected chi connectivity index (χ0v) is 10.1. The number of nitrogens with one attached hydrogen (secondary N) is 1. The summed E-state index contributed by atoms with van der Waals surface area (Å²) in [6, 6.07) is 1.91. The normalized spacial score (nSPS) is 13.5. The second-order valence-electron chi connectivity index (χ2n) is 3.40. The van der Waals surface area contributed by atoms with Gasteiger partial charge in [0.1, 0.15) is 5.15 Å². The van der Waals surface area contributed by atoms with Crippen molar-refractivity contribution in [2.24, 2.45) is 4.99 Å². The first-order valence-electron chi connectivity index (χ1n) is 5.10. The van der Waals surface area contributed by atoms with Gasteiger partial charge in [0.15, 0.2) is 0 Å². The Hall–Kier alpha value is -1.53. The van der Waals surface area contributed by atoms with Gasteiger partial charge >= 0.3 is 6.03 Å². The quantitative estimate of drug-likeness (QED) is 0.553. The molecule has 7 heteroatoms. The van der Waals surface area contributed by atoms with Crippen molar-refractivity contribution < 1.29 is 15.1 Å². The number of amides is 2. The molecule has 0 saturated carbocycles. The number of urea groups is 1. The van der Waals surface area contributed by atoms with Crippen LogP contribution in [0.2, 0.25) is 5.15 Å². The molecule has 0 aliphatic rings. The Balaban J connectivity index is 2.80. The number of aliphatic hydroxyl groups is 1. The highest BCUT2D eigenvalue weighted by Crippen LogP contribution is 2.00. The Morgan fingerprint density at radius 2 is 2.41 bits per heavy atom. The highest BCUT2D eigenvalue weighted by Gasteiger charge is 2.07. The summed E-state index contributed by atoms with van der Waals surface area (Å²) in [6.45, 7) is 1.71. The van der Waals surface area contributed by atoms with E-state index in [1.807, 2.05) is 6.92 Å². The average molecular weight is 260 g/mol. The molecule has 0 aliphatic heterocycles. The third-order valence-corrected chi connectivity index (χ3v) is 2.43. The molecule has 1 aromatic heterocycles. The number of aromatic nitrogens is 1. The standard InChI is InChI=1S/C10H14ClN3O3/c1-2-7(6-15)12-10(16)13-8-3-4-14(17)9(11)5-8/h3-5,7,15,17H,2,6H2,1H3,(H,12,16)/b13-8+/t7-/m0/s1. The molecule has 0 fully saturated rings. The van der Waals surface area contributed by atoms with E-state index in [0.717, 1.165) is 0 Å². The van der Waals surface area contributed by atoms with E-state index < -0.39 is 6.03 Å². The number of carbonyl (C=O) groups excluding carboxylic acids is 1. The summed E-state index contributed by atoms with van der Waals surface area (Å²) >= 11 is 5.64. The summed E-state index contributed by atoms with van der Waals surface area (Å²) in [4.78, 5) is 15.2. The van der Waals surface area contributed by atoms with E-state index >= 15 is 0 Å². The predicted molar refractivity (Wildman–Crippen MR) is 61.9 cm³/mol. The van der Waals surface area contributed by atoms with E-state index in [1.54, 1.807) is 0 Å². The Bertz CT molecular complexity index is 454. The fourth-order valence-corrected chi connectivity index (χ4v) is 1.29. The molecule has 0 aliphatic carbocycles. The maximum atomic E-state index is 11.4. The van der Waals surface area contributed by atoms with Crippen molar-refractivity contribution >= 4 is 17.6 Å². The Morgan fingerprint density at radius 1 is 1.71 bits per heavy atom. The minimum atomic E-state index is -0.558. The first-order valence-corrected chi connectivity index (χ1v) is 5.48. The van der Waals surface area contributed by atoms with Gasteiger partial charge in [-0.3, -0.25) is 0 Å². The van der Waals surface area contributed by atoms with Gasteiger partial charge in [0.25, 0.3) is 0 Å². The van der Waals surface area contributed by atoms with E-state index in [-0.39, 0.29) is 17.8 Å². The van der Waals surface area contributed by atoms with Crippen molar-refractivity contribution in [3.05, 3.63) is 28.8 Å². The number of pyridine rings is 1. The van der Waals surface area contributed by atoms with E-state index in [0.29, 0.717) is 16.5 Å². The van der Waals surface area contributed by atoms with Crippen molar-refractivity contribution in [2.45, 2.75) is 19.4 Å². The van der Waals surface area contributed by atoms with Crippen LogP contribution in [0, 0.1) is 0 Å². The second kappa shape index (κ2) is 6.27. The summed E-state index contributed by atoms with van der Waals surface area (Å²) in [5.74, 6) is 0. The molecule has 0 bridgehead atoms. The average Bonchev–Trinajstić information content (AvgIpc) is 2.31. The molecule has 0 aromatic carbocycles. The molecule has 17 heavy (non-hydrogen) atoms. The van der Waals surface area contributed by atoms with Gasteiger partial charge in [-0.05, 0) is 12.5 Å². The minimum Gasteiger partial charge on any atom is -0.428 e. The molecule has 0 radical (unpaired) electrons. The summed E-state index contributed by atoms with van der Waals surface area (Å²) in [5, 5.41) is 20.9. The zero-order valence-electron chi connectivity index (χ0n) is 9.30. The lowest BCUT2D eigenvalue weighted by Crippen LogP contribution is -2.35. The highest BCUT2D eigenvalue weighted by atomic mass is 35.5. The third kappa shape index (κ3) is 4.08. The van der Waals surface area contributed by atoms with Gasteiger partial charge < -0.3 is 15.6 Å². The van der Waals surface area contributed by atoms with Gasteiger partial charge in [-0.1, -0.05) is 18.5 Å². The fourth-order valence-electron chi connectivity index (χ4n) is 1.12. The van der Waals surface area contributed by atoms with Crippen LogP contribution in [0.3, 0.4) is 0 Å². The van der Waals surface area contributed by atoms with Crippen molar-refractivity contribution in [2.75, 3.05) is 6.61 Å². The summed E-state index contributed by atoms with van der Waals surface area (Å²) in [5.41, 5.74) is 0. The van der Waals surface area contributed by atoms with Crippen molar-refractivity contribution in [1.82, 2.24) is 10.0 Å². The molecule has 0 spiro atoms. The molecule has 94 valence electrons. The molecule has 3 N–H and O–H groups in total. The third-order valence-electron chi connectivity index (χ3n) is 2.14. The lowest BCUT2D eigenvalue weighted by molar-refractivity contribution is 0.185. The summed E-state index contributed by atoms with van der Waals surface area (Å²) in [7, 11) is 0. The van der Waals surface area contributed by atoms with Crippen LogP contribution >= 0.6 is 11.6 Å². The fraction of sp³-hybridized carbons (Fsp3) is 0.400. The van der Waals surface area contributed by atoms with E-state index in [9.17, 15) is 4.79 Å². The van der Waals surface area contributed by atoms with Gasteiger partial charge in [-0.2, -0.15) is 9.72 Å². The first-order chi connectivity index (χ1) is 8.06. The van der Waals surface area contributed by atoms with Crippen LogP contribution < -0.4 is 10.7 Å². The van der Waals surface area contributed by atoms with Gasteiger partial charge in [0.2, 0.25) is 0 Å². The highest BCUT2D eigenvalue weighted by molar-refractivity contribution is 6.29. The molecular formula is C10H14ClN3O3. The topological polar surface area (TPSA) is 86.9 Å². The Labute approximate surface area is 103 Å². The van der Waals surface area contributed by atoms with Gasteiger partial charge in [0.05, 0.1) is 18.0 Å². The van der Waals surface area contributed by atoms with Gasteiger partial charge in [-0.25, -0.2) is 4.79 Å². The number of aliphatic hydroxyl groups excluding tert-OH is 1. The van der Waals surface area contributed by atoms with Crippen LogP contribution in [-0.2, 0) is 0 Å². The number of halogens is 1. The van der Waals surface area contributed by atoms with E-state index in [1.165, 1.54) is 18.3 Å². The van der Waals surface area contributed by atoms with Crippen LogP contribution in [-0.4, -0.2) is 33.7 Å². The minimum absolute atomic E-state index is 0.0493. The van der Waals surface area contributed by atoms with Gasteiger partial charge in [-0.15, -0.1) is 0 Å². The predicted octanol–water partition coefficient (Wildman–Crippen LogP) is 0.760. The van der Waals surface area contributed by atoms with Crippen LogP contribution in [0.25, 0.3) is 0 Å². The number of nitrogens with zero attached hydrogens (tertiary/aromatic N) is 2. The Kier molecular flexibility index (Phi) is 4.99. The summed E-state index contributed by atoms with van der Waals surface area (Å²) < 4.78 is 0.709. The maximum Gasteiger partial charge on any atom is 0.341 e. The lowest BCUT2D eigenvalue weighted by Gasteiger charge is -2.11. The number of hydrogen-bond acceptors (Lipinski definition) is 3. The molecule has 6 nitrogen and oxygen atoms in total. The Morgan fingerprint density at radius 3 is 2.94 bits per heavy atom. The molecule has 0 unspecified atom stereocenters. The zero-order chi connectivity index (χ0) is 12.8. The van der Waals surface area contributed by atoms with Crippen LogP contribution in [0.1, 0.15) is 13.3 Å². The number of rotatable bonds is 3. The SMILES string of the molecule is CC[C@@H](CO)NC(=O)/N=c1\ccn(O)c(Cl)c1. The molecule has 2 amide bonds. The molecular weight excluding hydrogens is 246 g/mol. The monoisotopic (exact) mass is 259 g/mol. The smallest absolute Gasteiger partial charge is 0.341 e. The van der Waals surface area contributed by atoms with Crippen LogP contribution in [0.4, 0.5) is 4.79 Å². The molecule has 1 atom stereocenters. The largest absolute Gasteiger partial charge is 0.428 e. The van der Waals surface area contributed by atoms with E-state index in [2.05, 4.69) is 10.3 Å². The summed E-state index contributed by atoms with van der Waals surface area (Å²) in [6.07, 6.45) is 1.89. The molecule has 1 rings (SSSR count).